The van der Waals surface area contributed by atoms with Gasteiger partial charge in [0.25, 0.3) is 0 Å². The first kappa shape index (κ1) is 13.9. The van der Waals surface area contributed by atoms with Gasteiger partial charge in [0.15, 0.2) is 11.6 Å². The average Bonchev–Trinajstić information content (AvgIpc) is 2.31. The number of methoxy groups -OCH3 is 1. The normalized spacial score (nSPS) is 14.4. The van der Waals surface area contributed by atoms with Gasteiger partial charge in [-0.05, 0) is 38.6 Å². The van der Waals surface area contributed by atoms with Crippen molar-refractivity contribution in [2.24, 2.45) is 0 Å². The lowest BCUT2D eigenvalue weighted by Crippen LogP contribution is -2.19. The standard InChI is InChI=1S/C13H20FNO2/c1-9(8-16-4)17-13-6-5-11(7-12(13)14)10(2)15-3/h5-7,9-10,15H,8H2,1-4H3. The van der Waals surface area contributed by atoms with E-state index in [0.717, 1.165) is 5.56 Å². The number of ether oxygens (including phenoxy) is 2. The number of hydrogen-bond acceptors (Lipinski definition) is 3. The minimum atomic E-state index is -0.340. The van der Waals surface area contributed by atoms with Gasteiger partial charge in [-0.25, -0.2) is 4.39 Å². The SMILES string of the molecule is CNC(C)c1ccc(OC(C)COC)c(F)c1. The molecule has 3 nitrogen and oxygen atoms in total. The lowest BCUT2D eigenvalue weighted by molar-refractivity contribution is 0.0892. The molecule has 0 aliphatic heterocycles. The molecular weight excluding hydrogens is 221 g/mol. The van der Waals surface area contributed by atoms with E-state index in [9.17, 15) is 4.39 Å². The van der Waals surface area contributed by atoms with Crippen molar-refractivity contribution in [3.8, 4) is 5.75 Å². The summed E-state index contributed by atoms with van der Waals surface area (Å²) in [6.45, 7) is 4.25. The summed E-state index contributed by atoms with van der Waals surface area (Å²) < 4.78 is 24.1. The molecule has 0 bridgehead atoms. The smallest absolute Gasteiger partial charge is 0.165 e. The molecular formula is C13H20FNO2. The summed E-state index contributed by atoms with van der Waals surface area (Å²) in [4.78, 5) is 0. The highest BCUT2D eigenvalue weighted by Crippen LogP contribution is 2.22. The Hall–Kier alpha value is -1.13. The summed E-state index contributed by atoms with van der Waals surface area (Å²) in [5.41, 5.74) is 0.900. The van der Waals surface area contributed by atoms with Crippen LogP contribution in [-0.4, -0.2) is 26.9 Å². The number of benzene rings is 1. The number of halogens is 1. The highest BCUT2D eigenvalue weighted by Gasteiger charge is 2.11. The van der Waals surface area contributed by atoms with Crippen LogP contribution in [0.25, 0.3) is 0 Å². The maximum Gasteiger partial charge on any atom is 0.165 e. The topological polar surface area (TPSA) is 30.5 Å². The Bertz CT molecular complexity index is 357. The Balaban J connectivity index is 2.76. The maximum atomic E-state index is 13.8. The van der Waals surface area contributed by atoms with Gasteiger partial charge in [-0.3, -0.25) is 0 Å². The zero-order valence-corrected chi connectivity index (χ0v) is 10.8. The summed E-state index contributed by atoms with van der Waals surface area (Å²) in [5.74, 6) is -0.0749. The van der Waals surface area contributed by atoms with Gasteiger partial charge in [0.1, 0.15) is 6.10 Å². The van der Waals surface area contributed by atoms with Crippen LogP contribution in [0.2, 0.25) is 0 Å². The quantitative estimate of drug-likeness (QED) is 0.830. The fourth-order valence-corrected chi connectivity index (χ4v) is 1.53. The van der Waals surface area contributed by atoms with E-state index in [1.165, 1.54) is 6.07 Å². The number of hydrogen-bond donors (Lipinski definition) is 1. The van der Waals surface area contributed by atoms with E-state index in [2.05, 4.69) is 5.32 Å². The third-order valence-corrected chi connectivity index (χ3v) is 2.62. The second-order valence-electron chi connectivity index (χ2n) is 4.08. The van der Waals surface area contributed by atoms with Crippen LogP contribution in [0.5, 0.6) is 5.75 Å². The molecule has 0 spiro atoms. The van der Waals surface area contributed by atoms with Crippen molar-refractivity contribution < 1.29 is 13.9 Å². The Morgan fingerprint density at radius 1 is 1.35 bits per heavy atom. The van der Waals surface area contributed by atoms with Crippen LogP contribution in [0.15, 0.2) is 18.2 Å². The molecule has 0 radical (unpaired) electrons. The molecule has 1 N–H and O–H groups in total. The summed E-state index contributed by atoms with van der Waals surface area (Å²) in [5, 5.41) is 3.06. The summed E-state index contributed by atoms with van der Waals surface area (Å²) in [7, 11) is 3.43. The van der Waals surface area contributed by atoms with Crippen molar-refractivity contribution >= 4 is 0 Å². The van der Waals surface area contributed by atoms with Gasteiger partial charge in [-0.1, -0.05) is 6.07 Å². The lowest BCUT2D eigenvalue weighted by atomic mass is 10.1. The molecule has 96 valence electrons. The molecule has 2 unspecified atom stereocenters. The zero-order chi connectivity index (χ0) is 12.8. The fourth-order valence-electron chi connectivity index (χ4n) is 1.53. The van der Waals surface area contributed by atoms with Crippen LogP contribution >= 0.6 is 0 Å². The van der Waals surface area contributed by atoms with Crippen molar-refractivity contribution in [2.75, 3.05) is 20.8 Å². The molecule has 4 heteroatoms. The maximum absolute atomic E-state index is 13.8. The van der Waals surface area contributed by atoms with Gasteiger partial charge in [0.05, 0.1) is 6.61 Å². The summed E-state index contributed by atoms with van der Waals surface area (Å²) in [6.07, 6.45) is -0.165. The lowest BCUT2D eigenvalue weighted by Gasteiger charge is -2.16. The van der Waals surface area contributed by atoms with Crippen LogP contribution in [0.3, 0.4) is 0 Å². The van der Waals surface area contributed by atoms with E-state index >= 15 is 0 Å². The van der Waals surface area contributed by atoms with Crippen molar-refractivity contribution in [3.63, 3.8) is 0 Å². The molecule has 0 saturated heterocycles. The first-order valence-corrected chi connectivity index (χ1v) is 5.70. The Kier molecular flexibility index (Phi) is 5.38. The zero-order valence-electron chi connectivity index (χ0n) is 10.8. The van der Waals surface area contributed by atoms with Crippen molar-refractivity contribution in [3.05, 3.63) is 29.6 Å². The first-order valence-electron chi connectivity index (χ1n) is 5.70. The van der Waals surface area contributed by atoms with E-state index in [1.54, 1.807) is 13.2 Å². The van der Waals surface area contributed by atoms with Crippen molar-refractivity contribution in [2.45, 2.75) is 26.0 Å². The number of rotatable bonds is 6. The molecule has 0 amide bonds. The molecule has 1 aromatic carbocycles. The van der Waals surface area contributed by atoms with Gasteiger partial charge in [-0.2, -0.15) is 0 Å². The van der Waals surface area contributed by atoms with Gasteiger partial charge >= 0.3 is 0 Å². The molecule has 0 heterocycles. The van der Waals surface area contributed by atoms with Crippen molar-refractivity contribution in [1.29, 1.82) is 0 Å². The van der Waals surface area contributed by atoms with Crippen molar-refractivity contribution in [1.82, 2.24) is 5.32 Å². The van der Waals surface area contributed by atoms with Gasteiger partial charge in [0.2, 0.25) is 0 Å². The van der Waals surface area contributed by atoms with E-state index in [-0.39, 0.29) is 23.7 Å². The Morgan fingerprint density at radius 3 is 2.59 bits per heavy atom. The van der Waals surface area contributed by atoms with E-state index in [1.807, 2.05) is 27.0 Å². The van der Waals surface area contributed by atoms with Gasteiger partial charge in [0, 0.05) is 13.2 Å². The largest absolute Gasteiger partial charge is 0.485 e. The van der Waals surface area contributed by atoms with Crippen LogP contribution in [0.4, 0.5) is 4.39 Å². The van der Waals surface area contributed by atoms with E-state index in [4.69, 9.17) is 9.47 Å². The Labute approximate surface area is 102 Å². The molecule has 0 saturated carbocycles. The molecule has 17 heavy (non-hydrogen) atoms. The van der Waals surface area contributed by atoms with E-state index in [0.29, 0.717) is 6.61 Å². The first-order chi connectivity index (χ1) is 8.08. The number of nitrogens with one attached hydrogen (secondary N) is 1. The second-order valence-corrected chi connectivity index (χ2v) is 4.08. The van der Waals surface area contributed by atoms with Crippen LogP contribution < -0.4 is 10.1 Å². The third-order valence-electron chi connectivity index (χ3n) is 2.62. The molecule has 0 fully saturated rings. The van der Waals surface area contributed by atoms with E-state index < -0.39 is 0 Å². The predicted octanol–water partition coefficient (Wildman–Crippen LogP) is 2.52. The van der Waals surface area contributed by atoms with Gasteiger partial charge in [-0.15, -0.1) is 0 Å². The Morgan fingerprint density at radius 2 is 2.06 bits per heavy atom. The molecule has 1 aromatic rings. The molecule has 1 rings (SSSR count). The summed E-state index contributed by atoms with van der Waals surface area (Å²) in [6, 6.07) is 5.13. The third kappa shape index (κ3) is 3.98. The molecule has 2 atom stereocenters. The molecule has 0 aromatic heterocycles. The highest BCUT2D eigenvalue weighted by molar-refractivity contribution is 5.31. The monoisotopic (exact) mass is 241 g/mol. The molecule has 0 aliphatic rings. The fraction of sp³-hybridized carbons (Fsp3) is 0.538. The summed E-state index contributed by atoms with van der Waals surface area (Å²) >= 11 is 0. The van der Waals surface area contributed by atoms with Gasteiger partial charge < -0.3 is 14.8 Å². The minimum absolute atomic E-state index is 0.120. The van der Waals surface area contributed by atoms with Crippen LogP contribution in [0, 0.1) is 5.82 Å². The minimum Gasteiger partial charge on any atom is -0.485 e. The van der Waals surface area contributed by atoms with Crippen LogP contribution in [0.1, 0.15) is 25.5 Å². The van der Waals surface area contributed by atoms with Crippen LogP contribution in [-0.2, 0) is 4.74 Å². The second kappa shape index (κ2) is 6.57. The highest BCUT2D eigenvalue weighted by atomic mass is 19.1. The average molecular weight is 241 g/mol. The molecule has 0 aliphatic carbocycles. The predicted molar refractivity (Wildman–Crippen MR) is 65.8 cm³/mol.